The lowest BCUT2D eigenvalue weighted by molar-refractivity contribution is 0.790. The van der Waals surface area contributed by atoms with Crippen LogP contribution in [0.5, 0.6) is 0 Å². The molecule has 2 heterocycles. The highest BCUT2D eigenvalue weighted by atomic mass is 32.2. The van der Waals surface area contributed by atoms with E-state index < -0.39 is 0 Å². The molecule has 1 atom stereocenters. The summed E-state index contributed by atoms with van der Waals surface area (Å²) in [6.45, 7) is 4.32. The van der Waals surface area contributed by atoms with Gasteiger partial charge >= 0.3 is 0 Å². The molecule has 3 nitrogen and oxygen atoms in total. The fourth-order valence-electron chi connectivity index (χ4n) is 2.30. The second-order valence-corrected chi connectivity index (χ2v) is 5.54. The molecule has 1 aromatic carbocycles. The van der Waals surface area contributed by atoms with Crippen LogP contribution in [0, 0.1) is 0 Å². The maximum absolute atomic E-state index is 4.36. The third-order valence-electron chi connectivity index (χ3n) is 3.22. The lowest BCUT2D eigenvalue weighted by atomic mass is 9.96. The topological polar surface area (TPSA) is 30.7 Å². The molecule has 3 rings (SSSR count). The molecule has 2 aromatic rings. The van der Waals surface area contributed by atoms with Crippen LogP contribution >= 0.6 is 11.8 Å². The van der Waals surface area contributed by atoms with Crippen molar-refractivity contribution in [2.24, 2.45) is 0 Å². The first-order valence-electron chi connectivity index (χ1n) is 6.16. The van der Waals surface area contributed by atoms with E-state index in [4.69, 9.17) is 0 Å². The zero-order valence-corrected chi connectivity index (χ0v) is 11.3. The van der Waals surface area contributed by atoms with Gasteiger partial charge in [-0.15, -0.1) is 10.2 Å². The first-order chi connectivity index (χ1) is 8.81. The van der Waals surface area contributed by atoms with Crippen LogP contribution in [0.4, 0.5) is 0 Å². The molecule has 1 unspecified atom stereocenters. The quantitative estimate of drug-likeness (QED) is 0.772. The number of benzene rings is 1. The van der Waals surface area contributed by atoms with Gasteiger partial charge in [-0.05, 0) is 23.0 Å². The van der Waals surface area contributed by atoms with E-state index in [1.54, 1.807) is 11.8 Å². The Labute approximate surface area is 111 Å². The highest BCUT2D eigenvalue weighted by Crippen LogP contribution is 2.32. The summed E-state index contributed by atoms with van der Waals surface area (Å²) in [6, 6.07) is 8.47. The van der Waals surface area contributed by atoms with E-state index in [1.807, 2.05) is 0 Å². The monoisotopic (exact) mass is 257 g/mol. The maximum atomic E-state index is 4.36. The Morgan fingerprint density at radius 1 is 1.28 bits per heavy atom. The van der Waals surface area contributed by atoms with Crippen molar-refractivity contribution in [1.29, 1.82) is 0 Å². The van der Waals surface area contributed by atoms with Crippen LogP contribution in [-0.2, 0) is 0 Å². The van der Waals surface area contributed by atoms with Gasteiger partial charge in [0.25, 0.3) is 0 Å². The smallest absolute Gasteiger partial charge is 0.195 e. The largest absolute Gasteiger partial charge is 0.280 e. The van der Waals surface area contributed by atoms with Crippen molar-refractivity contribution in [2.75, 3.05) is 5.75 Å². The van der Waals surface area contributed by atoms with Gasteiger partial charge in [-0.25, -0.2) is 0 Å². The number of hydrogen-bond donors (Lipinski definition) is 0. The summed E-state index contributed by atoms with van der Waals surface area (Å²) >= 11 is 1.72. The molecule has 4 heteroatoms. The molecule has 0 spiro atoms. The fourth-order valence-corrected chi connectivity index (χ4v) is 2.95. The third kappa shape index (κ3) is 1.77. The summed E-state index contributed by atoms with van der Waals surface area (Å²) in [6.07, 6.45) is 4.22. The molecule has 1 aliphatic heterocycles. The lowest BCUT2D eigenvalue weighted by Gasteiger charge is -2.11. The Morgan fingerprint density at radius 3 is 2.94 bits per heavy atom. The second-order valence-electron chi connectivity index (χ2n) is 4.31. The van der Waals surface area contributed by atoms with Gasteiger partial charge in [0.05, 0.1) is 0 Å². The van der Waals surface area contributed by atoms with Crippen molar-refractivity contribution in [3.05, 3.63) is 41.2 Å². The minimum absolute atomic E-state index is 0.273. The zero-order chi connectivity index (χ0) is 12.5. The van der Waals surface area contributed by atoms with E-state index in [9.17, 15) is 0 Å². The van der Waals surface area contributed by atoms with Crippen molar-refractivity contribution >= 4 is 24.0 Å². The molecule has 0 bridgehead atoms. The summed E-state index contributed by atoms with van der Waals surface area (Å²) in [4.78, 5) is 0. The van der Waals surface area contributed by atoms with Gasteiger partial charge in [-0.3, -0.25) is 4.57 Å². The molecular formula is C14H15N3S. The normalized spacial score (nSPS) is 17.1. The van der Waals surface area contributed by atoms with E-state index in [-0.39, 0.29) is 5.92 Å². The Kier molecular flexibility index (Phi) is 2.96. The maximum Gasteiger partial charge on any atom is 0.195 e. The SMILES string of the molecule is CCSc1nnc2n1C=Cc1ccccc1C2C. The van der Waals surface area contributed by atoms with Gasteiger partial charge in [0.2, 0.25) is 0 Å². The van der Waals surface area contributed by atoms with Crippen molar-refractivity contribution in [1.82, 2.24) is 14.8 Å². The molecule has 0 saturated carbocycles. The van der Waals surface area contributed by atoms with Crippen LogP contribution in [0.3, 0.4) is 0 Å². The number of thioether (sulfide) groups is 1. The molecule has 0 aliphatic carbocycles. The highest BCUT2D eigenvalue weighted by Gasteiger charge is 2.21. The van der Waals surface area contributed by atoms with E-state index in [0.29, 0.717) is 0 Å². The molecular weight excluding hydrogens is 242 g/mol. The summed E-state index contributed by atoms with van der Waals surface area (Å²) in [5, 5.41) is 9.61. The van der Waals surface area contributed by atoms with Gasteiger partial charge in [0, 0.05) is 12.1 Å². The van der Waals surface area contributed by atoms with Crippen LogP contribution in [0.15, 0.2) is 29.4 Å². The summed E-state index contributed by atoms with van der Waals surface area (Å²) < 4.78 is 2.11. The average Bonchev–Trinajstić information content (AvgIpc) is 2.73. The van der Waals surface area contributed by atoms with E-state index in [1.165, 1.54) is 11.1 Å². The van der Waals surface area contributed by atoms with E-state index >= 15 is 0 Å². The summed E-state index contributed by atoms with van der Waals surface area (Å²) in [5.74, 6) is 2.30. The molecule has 0 fully saturated rings. The minimum Gasteiger partial charge on any atom is -0.280 e. The van der Waals surface area contributed by atoms with Gasteiger partial charge in [0.15, 0.2) is 5.16 Å². The third-order valence-corrected chi connectivity index (χ3v) is 4.04. The Morgan fingerprint density at radius 2 is 2.11 bits per heavy atom. The van der Waals surface area contributed by atoms with Crippen LogP contribution < -0.4 is 0 Å². The predicted octanol–water partition coefficient (Wildman–Crippen LogP) is 3.48. The van der Waals surface area contributed by atoms with Gasteiger partial charge in [-0.2, -0.15) is 0 Å². The molecule has 1 aromatic heterocycles. The zero-order valence-electron chi connectivity index (χ0n) is 10.5. The van der Waals surface area contributed by atoms with Crippen LogP contribution in [0.1, 0.15) is 36.7 Å². The number of rotatable bonds is 2. The van der Waals surface area contributed by atoms with Crippen molar-refractivity contribution < 1.29 is 0 Å². The Balaban J connectivity index is 2.14. The fraction of sp³-hybridized carbons (Fsp3) is 0.286. The number of aromatic nitrogens is 3. The van der Waals surface area contributed by atoms with Gasteiger partial charge in [0.1, 0.15) is 5.82 Å². The molecule has 0 radical (unpaired) electrons. The van der Waals surface area contributed by atoms with Crippen molar-refractivity contribution in [2.45, 2.75) is 24.9 Å². The van der Waals surface area contributed by atoms with E-state index in [2.05, 4.69) is 65.2 Å². The van der Waals surface area contributed by atoms with E-state index in [0.717, 1.165) is 16.7 Å². The number of nitrogens with zero attached hydrogens (tertiary/aromatic N) is 3. The van der Waals surface area contributed by atoms with Crippen molar-refractivity contribution in [3.8, 4) is 0 Å². The number of fused-ring (bicyclic) bond motifs is 2. The second kappa shape index (κ2) is 4.61. The molecule has 18 heavy (non-hydrogen) atoms. The molecule has 92 valence electrons. The molecule has 0 saturated heterocycles. The predicted molar refractivity (Wildman–Crippen MR) is 75.6 cm³/mol. The first kappa shape index (κ1) is 11.5. The summed E-state index contributed by atoms with van der Waals surface area (Å²) in [5.41, 5.74) is 2.58. The molecule has 0 N–H and O–H groups in total. The first-order valence-corrected chi connectivity index (χ1v) is 7.14. The Hall–Kier alpha value is -1.55. The Bertz CT molecular complexity index is 601. The highest BCUT2D eigenvalue weighted by molar-refractivity contribution is 7.99. The number of hydrogen-bond acceptors (Lipinski definition) is 3. The molecule has 0 amide bonds. The standard InChI is InChI=1S/C14H15N3S/c1-3-18-14-16-15-13-10(2)12-7-5-4-6-11(12)8-9-17(13)14/h4-10H,3H2,1-2H3. The lowest BCUT2D eigenvalue weighted by Crippen LogP contribution is -2.03. The van der Waals surface area contributed by atoms with Crippen molar-refractivity contribution in [3.63, 3.8) is 0 Å². The van der Waals surface area contributed by atoms with Gasteiger partial charge < -0.3 is 0 Å². The average molecular weight is 257 g/mol. The van der Waals surface area contributed by atoms with Crippen LogP contribution in [0.2, 0.25) is 0 Å². The van der Waals surface area contributed by atoms with Crippen LogP contribution in [-0.4, -0.2) is 20.5 Å². The van der Waals surface area contributed by atoms with Gasteiger partial charge in [-0.1, -0.05) is 49.9 Å². The minimum atomic E-state index is 0.273. The molecule has 1 aliphatic rings. The van der Waals surface area contributed by atoms with Crippen LogP contribution in [0.25, 0.3) is 12.3 Å². The summed E-state index contributed by atoms with van der Waals surface area (Å²) in [7, 11) is 0.